The summed E-state index contributed by atoms with van der Waals surface area (Å²) >= 11 is 0. The number of hydrogen-bond acceptors (Lipinski definition) is 4. The molecule has 5 rings (SSSR count). The van der Waals surface area contributed by atoms with Crippen LogP contribution in [0, 0.1) is 11.3 Å². The van der Waals surface area contributed by atoms with E-state index in [0.29, 0.717) is 16.8 Å². The summed E-state index contributed by atoms with van der Waals surface area (Å²) in [5.74, 6) is -0.189. The van der Waals surface area contributed by atoms with Gasteiger partial charge >= 0.3 is 0 Å². The Hall–Kier alpha value is -4.30. The summed E-state index contributed by atoms with van der Waals surface area (Å²) < 4.78 is 7.66. The van der Waals surface area contributed by atoms with Crippen molar-refractivity contribution in [1.29, 1.82) is 5.26 Å². The smallest absolute Gasteiger partial charge is 0.263 e. The first-order chi connectivity index (χ1) is 16.3. The van der Waals surface area contributed by atoms with Crippen LogP contribution in [0.15, 0.2) is 95.1 Å². The van der Waals surface area contributed by atoms with Gasteiger partial charge in [-0.25, -0.2) is 0 Å². The molecule has 1 aromatic heterocycles. The number of hydrogen-bond donors (Lipinski definition) is 1. The Bertz CT molecular complexity index is 1530. The van der Waals surface area contributed by atoms with Gasteiger partial charge in [0.1, 0.15) is 17.4 Å². The summed E-state index contributed by atoms with van der Waals surface area (Å²) in [5, 5.41) is 10.8. The number of aromatic nitrogens is 1. The molecule has 1 unspecified atom stereocenters. The maximum Gasteiger partial charge on any atom is 0.263 e. The maximum atomic E-state index is 14.1. The number of allylic oxidation sites excluding steroid dienone is 1. The molecule has 0 saturated heterocycles. The lowest BCUT2D eigenvalue weighted by Crippen LogP contribution is -2.31. The topological polar surface area (TPSA) is 81.0 Å². The van der Waals surface area contributed by atoms with Gasteiger partial charge in [0.15, 0.2) is 0 Å². The molecule has 0 radical (unpaired) electrons. The fourth-order valence-corrected chi connectivity index (χ4v) is 4.61. The summed E-state index contributed by atoms with van der Waals surface area (Å²) in [6, 6.07) is 27.3. The third-order valence-electron chi connectivity index (χ3n) is 6.37. The lowest BCUT2D eigenvalue weighted by atomic mass is 9.81. The minimum atomic E-state index is -0.630. The van der Waals surface area contributed by atoms with Gasteiger partial charge < -0.3 is 10.5 Å². The molecule has 168 valence electrons. The number of benzene rings is 3. The summed E-state index contributed by atoms with van der Waals surface area (Å²) in [7, 11) is 0. The van der Waals surface area contributed by atoms with Crippen molar-refractivity contribution in [2.24, 2.45) is 5.73 Å². The standard InChI is InChI=1S/C29H25N3O2/c1-29(2,3)19-15-13-18(14-16-19)24-22(17-30)27(31)34-26-21-11-7-8-12-23(21)32(28(33)25(24)26)20-9-5-4-6-10-20/h4-16,24H,31H2,1-3H3. The van der Waals surface area contributed by atoms with Crippen LogP contribution < -0.4 is 16.0 Å². The van der Waals surface area contributed by atoms with Crippen LogP contribution in [-0.2, 0) is 5.41 Å². The van der Waals surface area contributed by atoms with E-state index in [1.165, 1.54) is 5.56 Å². The molecule has 0 bridgehead atoms. The first-order valence-electron chi connectivity index (χ1n) is 11.2. The zero-order valence-corrected chi connectivity index (χ0v) is 19.4. The second-order valence-corrected chi connectivity index (χ2v) is 9.53. The number of fused-ring (bicyclic) bond motifs is 3. The van der Waals surface area contributed by atoms with Crippen LogP contribution in [0.3, 0.4) is 0 Å². The fourth-order valence-electron chi connectivity index (χ4n) is 4.61. The normalized spacial score (nSPS) is 15.5. The van der Waals surface area contributed by atoms with E-state index in [9.17, 15) is 10.1 Å². The Morgan fingerprint density at radius 2 is 1.59 bits per heavy atom. The lowest BCUT2D eigenvalue weighted by molar-refractivity contribution is 0.396. The number of ether oxygens (including phenoxy) is 1. The van der Waals surface area contributed by atoms with E-state index in [1.54, 1.807) is 4.57 Å². The zero-order chi connectivity index (χ0) is 24.0. The molecule has 5 heteroatoms. The summed E-state index contributed by atoms with van der Waals surface area (Å²) in [5.41, 5.74) is 10.1. The number of rotatable bonds is 2. The van der Waals surface area contributed by atoms with Gasteiger partial charge in [0, 0.05) is 11.1 Å². The Kier molecular flexibility index (Phi) is 5.02. The molecule has 4 aromatic rings. The van der Waals surface area contributed by atoms with Crippen LogP contribution in [0.1, 0.15) is 43.4 Å². The molecule has 1 aliphatic heterocycles. The van der Waals surface area contributed by atoms with E-state index in [0.717, 1.165) is 16.6 Å². The second kappa shape index (κ2) is 7.93. The van der Waals surface area contributed by atoms with Crippen LogP contribution in [-0.4, -0.2) is 4.57 Å². The van der Waals surface area contributed by atoms with Gasteiger partial charge in [-0.1, -0.05) is 75.4 Å². The van der Waals surface area contributed by atoms with Crippen LogP contribution in [0.4, 0.5) is 0 Å². The molecule has 2 N–H and O–H groups in total. The van der Waals surface area contributed by atoms with E-state index < -0.39 is 5.92 Å². The fraction of sp³-hybridized carbons (Fsp3) is 0.172. The Morgan fingerprint density at radius 3 is 2.24 bits per heavy atom. The largest absolute Gasteiger partial charge is 0.439 e. The third-order valence-corrected chi connectivity index (χ3v) is 6.37. The van der Waals surface area contributed by atoms with E-state index in [2.05, 4.69) is 26.8 Å². The van der Waals surface area contributed by atoms with Crippen molar-refractivity contribution in [2.75, 3.05) is 0 Å². The van der Waals surface area contributed by atoms with Gasteiger partial charge in [-0.2, -0.15) is 5.26 Å². The van der Waals surface area contributed by atoms with Crippen LogP contribution >= 0.6 is 0 Å². The first kappa shape index (κ1) is 21.5. The van der Waals surface area contributed by atoms with Crippen molar-refractivity contribution in [3.8, 4) is 17.5 Å². The van der Waals surface area contributed by atoms with Crippen molar-refractivity contribution >= 4 is 10.9 Å². The second-order valence-electron chi connectivity index (χ2n) is 9.53. The lowest BCUT2D eigenvalue weighted by Gasteiger charge is -2.28. The minimum Gasteiger partial charge on any atom is -0.439 e. The van der Waals surface area contributed by atoms with E-state index in [-0.39, 0.29) is 22.4 Å². The monoisotopic (exact) mass is 447 g/mol. The highest BCUT2D eigenvalue weighted by atomic mass is 16.5. The molecule has 0 saturated carbocycles. The molecular weight excluding hydrogens is 422 g/mol. The highest BCUT2D eigenvalue weighted by Crippen LogP contribution is 2.44. The van der Waals surface area contributed by atoms with Gasteiger partial charge in [0.25, 0.3) is 5.56 Å². The molecule has 0 fully saturated rings. The van der Waals surface area contributed by atoms with Crippen molar-refractivity contribution in [2.45, 2.75) is 32.1 Å². The molecule has 0 amide bonds. The molecule has 0 spiro atoms. The molecule has 34 heavy (non-hydrogen) atoms. The van der Waals surface area contributed by atoms with Crippen LogP contribution in [0.25, 0.3) is 16.6 Å². The zero-order valence-electron chi connectivity index (χ0n) is 19.4. The van der Waals surface area contributed by atoms with Crippen molar-refractivity contribution in [1.82, 2.24) is 4.57 Å². The molecule has 3 aromatic carbocycles. The maximum absolute atomic E-state index is 14.1. The number of nitriles is 1. The Labute approximate surface area is 198 Å². The molecular formula is C29H25N3O2. The number of nitrogens with zero attached hydrogens (tertiary/aromatic N) is 2. The van der Waals surface area contributed by atoms with Gasteiger partial charge in [0.05, 0.1) is 17.0 Å². The SMILES string of the molecule is CC(C)(C)c1ccc(C2C(C#N)=C(N)Oc3c2c(=O)n(-c2ccccc2)c2ccccc32)cc1. The quantitative estimate of drug-likeness (QED) is 0.440. The molecule has 1 atom stereocenters. The van der Waals surface area contributed by atoms with Gasteiger partial charge in [-0.05, 0) is 40.8 Å². The molecule has 5 nitrogen and oxygen atoms in total. The Balaban J connectivity index is 1.85. The van der Waals surface area contributed by atoms with E-state index in [1.807, 2.05) is 78.9 Å². The third kappa shape index (κ3) is 3.36. The highest BCUT2D eigenvalue weighted by molar-refractivity contribution is 5.89. The predicted octanol–water partition coefficient (Wildman–Crippen LogP) is 5.51. The molecule has 2 heterocycles. The van der Waals surface area contributed by atoms with Crippen molar-refractivity contribution in [3.63, 3.8) is 0 Å². The average Bonchev–Trinajstić information content (AvgIpc) is 2.83. The molecule has 0 aliphatic carbocycles. The van der Waals surface area contributed by atoms with Gasteiger partial charge in [-0.15, -0.1) is 0 Å². The summed E-state index contributed by atoms with van der Waals surface area (Å²) in [6.07, 6.45) is 0. The van der Waals surface area contributed by atoms with Crippen LogP contribution in [0.5, 0.6) is 5.75 Å². The van der Waals surface area contributed by atoms with Gasteiger partial charge in [0.2, 0.25) is 5.88 Å². The number of para-hydroxylation sites is 2. The van der Waals surface area contributed by atoms with Gasteiger partial charge in [-0.3, -0.25) is 9.36 Å². The van der Waals surface area contributed by atoms with E-state index >= 15 is 0 Å². The molecule has 1 aliphatic rings. The number of pyridine rings is 1. The first-order valence-corrected chi connectivity index (χ1v) is 11.2. The summed E-state index contributed by atoms with van der Waals surface area (Å²) in [6.45, 7) is 6.44. The highest BCUT2D eigenvalue weighted by Gasteiger charge is 2.36. The van der Waals surface area contributed by atoms with E-state index in [4.69, 9.17) is 10.5 Å². The van der Waals surface area contributed by atoms with Crippen molar-refractivity contribution in [3.05, 3.63) is 117 Å². The summed E-state index contributed by atoms with van der Waals surface area (Å²) in [4.78, 5) is 14.1. The predicted molar refractivity (Wildman–Crippen MR) is 134 cm³/mol. The Morgan fingerprint density at radius 1 is 0.941 bits per heavy atom. The average molecular weight is 448 g/mol. The number of nitrogens with two attached hydrogens (primary N) is 1. The minimum absolute atomic E-state index is 0.0186. The van der Waals surface area contributed by atoms with Crippen LogP contribution in [0.2, 0.25) is 0 Å². The van der Waals surface area contributed by atoms with Crippen molar-refractivity contribution < 1.29 is 4.74 Å².